The molecule has 0 spiro atoms. The van der Waals surface area contributed by atoms with Gasteiger partial charge in [-0.1, -0.05) is 0 Å². The number of carbonyl (C=O) groups is 2. The second kappa shape index (κ2) is 5.73. The van der Waals surface area contributed by atoms with Gasteiger partial charge in [0.25, 0.3) is 5.91 Å². The van der Waals surface area contributed by atoms with Gasteiger partial charge >= 0.3 is 0 Å². The number of rotatable bonds is 4. The van der Waals surface area contributed by atoms with E-state index in [2.05, 4.69) is 0 Å². The van der Waals surface area contributed by atoms with Gasteiger partial charge in [-0.15, -0.1) is 0 Å². The number of halogens is 3. The first kappa shape index (κ1) is 15.0. The number of benzene rings is 1. The van der Waals surface area contributed by atoms with Gasteiger partial charge in [0.05, 0.1) is 6.54 Å². The summed E-state index contributed by atoms with van der Waals surface area (Å²) in [6.07, 6.45) is 0. The SMILES string of the molecule is CC(C)N(CC(N)=O)C(=O)c1cc(F)c(F)c(F)c1. The summed E-state index contributed by atoms with van der Waals surface area (Å²) in [5.41, 5.74) is 4.61. The molecule has 1 rings (SSSR count). The second-order valence-corrected chi connectivity index (χ2v) is 4.25. The van der Waals surface area contributed by atoms with Crippen LogP contribution in [-0.4, -0.2) is 29.3 Å². The second-order valence-electron chi connectivity index (χ2n) is 4.25. The van der Waals surface area contributed by atoms with Crippen LogP contribution in [0.25, 0.3) is 0 Å². The van der Waals surface area contributed by atoms with Crippen molar-refractivity contribution in [1.29, 1.82) is 0 Å². The highest BCUT2D eigenvalue weighted by Gasteiger charge is 2.23. The Labute approximate surface area is 108 Å². The minimum absolute atomic E-state index is 0.383. The van der Waals surface area contributed by atoms with E-state index in [0.717, 1.165) is 4.90 Å². The monoisotopic (exact) mass is 274 g/mol. The molecular formula is C12H13F3N2O2. The van der Waals surface area contributed by atoms with Crippen LogP contribution in [-0.2, 0) is 4.79 Å². The molecule has 4 nitrogen and oxygen atoms in total. The average molecular weight is 274 g/mol. The van der Waals surface area contributed by atoms with Gasteiger partial charge in [-0.3, -0.25) is 9.59 Å². The summed E-state index contributed by atoms with van der Waals surface area (Å²) in [4.78, 5) is 23.9. The molecule has 0 saturated heterocycles. The lowest BCUT2D eigenvalue weighted by atomic mass is 10.1. The van der Waals surface area contributed by atoms with Gasteiger partial charge in [-0.05, 0) is 26.0 Å². The van der Waals surface area contributed by atoms with Crippen LogP contribution in [0.4, 0.5) is 13.2 Å². The number of carbonyl (C=O) groups excluding carboxylic acids is 2. The molecule has 1 aromatic carbocycles. The van der Waals surface area contributed by atoms with Gasteiger partial charge in [0, 0.05) is 11.6 Å². The van der Waals surface area contributed by atoms with E-state index < -0.39 is 41.9 Å². The van der Waals surface area contributed by atoms with Crippen LogP contribution in [0.2, 0.25) is 0 Å². The maximum Gasteiger partial charge on any atom is 0.254 e. The first-order valence-electron chi connectivity index (χ1n) is 5.47. The van der Waals surface area contributed by atoms with Gasteiger partial charge in [0.2, 0.25) is 5.91 Å². The molecule has 19 heavy (non-hydrogen) atoms. The van der Waals surface area contributed by atoms with Crippen molar-refractivity contribution in [2.75, 3.05) is 6.54 Å². The van der Waals surface area contributed by atoms with Crippen molar-refractivity contribution < 1.29 is 22.8 Å². The van der Waals surface area contributed by atoms with Crippen LogP contribution in [0.1, 0.15) is 24.2 Å². The van der Waals surface area contributed by atoms with E-state index in [0.29, 0.717) is 12.1 Å². The van der Waals surface area contributed by atoms with Gasteiger partial charge in [0.1, 0.15) is 0 Å². The number of primary amides is 1. The number of nitrogens with two attached hydrogens (primary N) is 1. The highest BCUT2D eigenvalue weighted by atomic mass is 19.2. The molecule has 0 aliphatic carbocycles. The third-order valence-corrected chi connectivity index (χ3v) is 2.44. The lowest BCUT2D eigenvalue weighted by Crippen LogP contribution is -2.42. The number of hydrogen-bond donors (Lipinski definition) is 1. The van der Waals surface area contributed by atoms with E-state index in [1.165, 1.54) is 0 Å². The van der Waals surface area contributed by atoms with E-state index in [-0.39, 0.29) is 5.56 Å². The van der Waals surface area contributed by atoms with Crippen molar-refractivity contribution in [3.63, 3.8) is 0 Å². The predicted molar refractivity (Wildman–Crippen MR) is 61.7 cm³/mol. The van der Waals surface area contributed by atoms with E-state index in [9.17, 15) is 22.8 Å². The summed E-state index contributed by atoms with van der Waals surface area (Å²) in [5.74, 6) is -6.14. The Morgan fingerprint density at radius 3 is 2.05 bits per heavy atom. The Balaban J connectivity index is 3.13. The molecule has 0 heterocycles. The Bertz CT molecular complexity index is 495. The molecule has 0 fully saturated rings. The highest BCUT2D eigenvalue weighted by Crippen LogP contribution is 2.16. The van der Waals surface area contributed by atoms with Crippen LogP contribution in [0, 0.1) is 17.5 Å². The standard InChI is InChI=1S/C12H13F3N2O2/c1-6(2)17(5-10(16)18)12(19)7-3-8(13)11(15)9(14)4-7/h3-4,6H,5H2,1-2H3,(H2,16,18). The number of nitrogens with zero attached hydrogens (tertiary/aromatic N) is 1. The van der Waals surface area contributed by atoms with Crippen molar-refractivity contribution in [3.8, 4) is 0 Å². The molecule has 2 amide bonds. The van der Waals surface area contributed by atoms with Crippen molar-refractivity contribution >= 4 is 11.8 Å². The van der Waals surface area contributed by atoms with Gasteiger partial charge in [-0.25, -0.2) is 13.2 Å². The first-order valence-corrected chi connectivity index (χ1v) is 5.47. The first-order chi connectivity index (χ1) is 8.73. The van der Waals surface area contributed by atoms with Crippen molar-refractivity contribution in [2.45, 2.75) is 19.9 Å². The molecule has 2 N–H and O–H groups in total. The summed E-state index contributed by atoms with van der Waals surface area (Å²) in [5, 5.41) is 0. The number of hydrogen-bond acceptors (Lipinski definition) is 2. The lowest BCUT2D eigenvalue weighted by molar-refractivity contribution is -0.119. The van der Waals surface area contributed by atoms with E-state index >= 15 is 0 Å². The van der Waals surface area contributed by atoms with Crippen molar-refractivity contribution in [1.82, 2.24) is 4.90 Å². The van der Waals surface area contributed by atoms with Gasteiger partial charge in [0.15, 0.2) is 17.5 Å². The van der Waals surface area contributed by atoms with Crippen molar-refractivity contribution in [2.24, 2.45) is 5.73 Å². The molecule has 1 aromatic rings. The maximum atomic E-state index is 13.1. The molecule has 0 bridgehead atoms. The molecule has 0 aliphatic rings. The van der Waals surface area contributed by atoms with Crippen molar-refractivity contribution in [3.05, 3.63) is 35.1 Å². The fourth-order valence-corrected chi connectivity index (χ4v) is 1.50. The van der Waals surface area contributed by atoms with E-state index in [1.54, 1.807) is 13.8 Å². The summed E-state index contributed by atoms with van der Waals surface area (Å²) < 4.78 is 38.9. The third-order valence-electron chi connectivity index (χ3n) is 2.44. The Hall–Kier alpha value is -2.05. The van der Waals surface area contributed by atoms with E-state index in [4.69, 9.17) is 5.73 Å². The molecule has 104 valence electrons. The topological polar surface area (TPSA) is 63.4 Å². The van der Waals surface area contributed by atoms with Crippen LogP contribution in [0.5, 0.6) is 0 Å². The maximum absolute atomic E-state index is 13.1. The predicted octanol–water partition coefficient (Wildman–Crippen LogP) is 1.44. The quantitative estimate of drug-likeness (QED) is 0.844. The zero-order valence-electron chi connectivity index (χ0n) is 10.4. The minimum atomic E-state index is -1.65. The molecule has 0 aliphatic heterocycles. The normalized spacial score (nSPS) is 10.6. The Morgan fingerprint density at radius 1 is 1.21 bits per heavy atom. The smallest absolute Gasteiger partial charge is 0.254 e. The largest absolute Gasteiger partial charge is 0.368 e. The molecular weight excluding hydrogens is 261 g/mol. The van der Waals surface area contributed by atoms with Crippen LogP contribution in [0.15, 0.2) is 12.1 Å². The fraction of sp³-hybridized carbons (Fsp3) is 0.333. The molecule has 0 radical (unpaired) electrons. The van der Waals surface area contributed by atoms with Gasteiger partial charge < -0.3 is 10.6 Å². The Kier molecular flexibility index (Phi) is 4.52. The molecule has 0 saturated carbocycles. The van der Waals surface area contributed by atoms with Crippen LogP contribution >= 0.6 is 0 Å². The summed E-state index contributed by atoms with van der Waals surface area (Å²) in [6, 6.07) is 0.755. The molecule has 7 heteroatoms. The van der Waals surface area contributed by atoms with Crippen LogP contribution < -0.4 is 5.73 Å². The zero-order chi connectivity index (χ0) is 14.7. The summed E-state index contributed by atoms with van der Waals surface area (Å²) >= 11 is 0. The zero-order valence-corrected chi connectivity index (χ0v) is 10.4. The van der Waals surface area contributed by atoms with Gasteiger partial charge in [-0.2, -0.15) is 0 Å². The summed E-state index contributed by atoms with van der Waals surface area (Å²) in [6.45, 7) is 2.82. The van der Waals surface area contributed by atoms with Crippen LogP contribution in [0.3, 0.4) is 0 Å². The minimum Gasteiger partial charge on any atom is -0.368 e. The average Bonchev–Trinajstić information content (AvgIpc) is 2.31. The Morgan fingerprint density at radius 2 is 1.68 bits per heavy atom. The third kappa shape index (κ3) is 3.46. The molecule has 0 unspecified atom stereocenters. The fourth-order valence-electron chi connectivity index (χ4n) is 1.50. The molecule has 0 aromatic heterocycles. The number of amides is 2. The summed E-state index contributed by atoms with van der Waals surface area (Å²) in [7, 11) is 0. The lowest BCUT2D eigenvalue weighted by Gasteiger charge is -2.25. The highest BCUT2D eigenvalue weighted by molar-refractivity contribution is 5.96. The molecule has 0 atom stereocenters. The van der Waals surface area contributed by atoms with E-state index in [1.807, 2.05) is 0 Å².